The third-order valence-corrected chi connectivity index (χ3v) is 9.49. The van der Waals surface area contributed by atoms with E-state index in [1.165, 1.54) is 16.4 Å². The summed E-state index contributed by atoms with van der Waals surface area (Å²) >= 11 is 0. The molecule has 3 aromatic rings. The second kappa shape index (κ2) is 12.1. The summed E-state index contributed by atoms with van der Waals surface area (Å²) in [7, 11) is -0.468. The number of nitrogens with zero attached hydrogens (tertiary/aromatic N) is 2. The summed E-state index contributed by atoms with van der Waals surface area (Å²) in [5, 5.41) is 0. The van der Waals surface area contributed by atoms with Gasteiger partial charge in [-0.1, -0.05) is 6.07 Å². The van der Waals surface area contributed by atoms with Crippen LogP contribution in [0, 0.1) is 13.8 Å². The molecule has 0 spiro atoms. The molecule has 0 saturated carbocycles. The second-order valence-electron chi connectivity index (χ2n) is 10.3. The maximum absolute atomic E-state index is 13.9. The highest BCUT2D eigenvalue weighted by atomic mass is 32.2. The molecule has 0 radical (unpaired) electrons. The first-order valence-electron chi connectivity index (χ1n) is 13.7. The molecule has 1 atom stereocenters. The second-order valence-corrected chi connectivity index (χ2v) is 12.3. The molecule has 0 bridgehead atoms. The van der Waals surface area contributed by atoms with Crippen LogP contribution in [0.1, 0.15) is 38.7 Å². The SMILES string of the molecule is COc1cc2c(cc1OC)C(COc1cc(C)cc(C)c1)N(C(=O)c1ccc(S(=O)(=O)N3CCOCC3)cc1)CC2. The van der Waals surface area contributed by atoms with E-state index in [0.717, 1.165) is 28.0 Å². The fourth-order valence-corrected chi connectivity index (χ4v) is 6.92. The predicted molar refractivity (Wildman–Crippen MR) is 154 cm³/mol. The molecule has 0 N–H and O–H groups in total. The van der Waals surface area contributed by atoms with E-state index in [1.54, 1.807) is 31.3 Å². The third-order valence-electron chi connectivity index (χ3n) is 7.58. The van der Waals surface area contributed by atoms with E-state index >= 15 is 0 Å². The minimum atomic E-state index is -3.66. The van der Waals surface area contributed by atoms with Crippen molar-refractivity contribution in [1.82, 2.24) is 9.21 Å². The smallest absolute Gasteiger partial charge is 0.254 e. The van der Waals surface area contributed by atoms with Crippen LogP contribution in [0.2, 0.25) is 0 Å². The lowest BCUT2D eigenvalue weighted by Crippen LogP contribution is -2.42. The summed E-state index contributed by atoms with van der Waals surface area (Å²) in [4.78, 5) is 15.9. The number of carbonyl (C=O) groups is 1. The normalized spacial score (nSPS) is 17.6. The number of methoxy groups -OCH3 is 2. The van der Waals surface area contributed by atoms with Crippen LogP contribution in [0.5, 0.6) is 17.2 Å². The average Bonchev–Trinajstić information content (AvgIpc) is 2.98. The highest BCUT2D eigenvalue weighted by Gasteiger charge is 2.34. The first-order valence-corrected chi connectivity index (χ1v) is 15.1. The Morgan fingerprint density at radius 1 is 0.902 bits per heavy atom. The number of aryl methyl sites for hydroxylation is 2. The molecule has 1 fully saturated rings. The van der Waals surface area contributed by atoms with Gasteiger partial charge in [0, 0.05) is 25.2 Å². The van der Waals surface area contributed by atoms with Crippen LogP contribution in [-0.2, 0) is 21.2 Å². The van der Waals surface area contributed by atoms with Gasteiger partial charge in [-0.3, -0.25) is 4.79 Å². The van der Waals surface area contributed by atoms with Gasteiger partial charge in [0.2, 0.25) is 10.0 Å². The van der Waals surface area contributed by atoms with Crippen LogP contribution >= 0.6 is 0 Å². The van der Waals surface area contributed by atoms with Gasteiger partial charge in [-0.2, -0.15) is 4.31 Å². The fraction of sp³-hybridized carbons (Fsp3) is 0.387. The minimum Gasteiger partial charge on any atom is -0.493 e. The fourth-order valence-electron chi connectivity index (χ4n) is 5.51. The molecule has 218 valence electrons. The van der Waals surface area contributed by atoms with Gasteiger partial charge in [0.1, 0.15) is 12.4 Å². The van der Waals surface area contributed by atoms with Crippen LogP contribution in [0.3, 0.4) is 0 Å². The van der Waals surface area contributed by atoms with E-state index in [4.69, 9.17) is 18.9 Å². The molecular weight excluding hydrogens is 544 g/mol. The highest BCUT2D eigenvalue weighted by Crippen LogP contribution is 2.39. The molecule has 1 amide bonds. The first kappa shape index (κ1) is 28.9. The number of fused-ring (bicyclic) bond motifs is 1. The number of hydrogen-bond donors (Lipinski definition) is 0. The third kappa shape index (κ3) is 6.05. The van der Waals surface area contributed by atoms with Crippen LogP contribution in [-0.4, -0.2) is 77.2 Å². The standard InChI is InChI=1S/C31H36N2O7S/c1-21-15-22(2)17-25(16-21)40-20-28-27-19-30(38-4)29(37-3)18-24(27)9-10-33(28)31(34)23-5-7-26(8-6-23)41(35,36)32-11-13-39-14-12-32/h5-8,15-19,28H,9-14,20H2,1-4H3. The number of rotatable bonds is 8. The monoisotopic (exact) mass is 580 g/mol. The van der Waals surface area contributed by atoms with Crippen molar-refractivity contribution in [2.75, 3.05) is 53.7 Å². The van der Waals surface area contributed by atoms with E-state index in [1.807, 2.05) is 38.1 Å². The van der Waals surface area contributed by atoms with Crippen LogP contribution in [0.4, 0.5) is 0 Å². The van der Waals surface area contributed by atoms with Crippen molar-refractivity contribution in [3.8, 4) is 17.2 Å². The molecule has 9 nitrogen and oxygen atoms in total. The molecule has 1 saturated heterocycles. The summed E-state index contributed by atoms with van der Waals surface area (Å²) in [6, 6.07) is 15.7. The van der Waals surface area contributed by atoms with Crippen molar-refractivity contribution in [2.45, 2.75) is 31.2 Å². The molecule has 3 aromatic carbocycles. The Kier molecular flexibility index (Phi) is 8.53. The molecule has 2 aliphatic heterocycles. The molecular formula is C31H36N2O7S. The number of ether oxygens (including phenoxy) is 4. The lowest BCUT2D eigenvalue weighted by atomic mass is 9.91. The van der Waals surface area contributed by atoms with Gasteiger partial charge in [-0.05, 0) is 91.1 Å². The summed E-state index contributed by atoms with van der Waals surface area (Å²) in [5.74, 6) is 1.75. The number of carbonyl (C=O) groups excluding carboxylic acids is 1. The number of benzene rings is 3. The number of sulfonamides is 1. The lowest BCUT2D eigenvalue weighted by molar-refractivity contribution is 0.0589. The minimum absolute atomic E-state index is 0.159. The molecule has 0 aromatic heterocycles. The van der Waals surface area contributed by atoms with Crippen LogP contribution in [0.25, 0.3) is 0 Å². The molecule has 5 rings (SSSR count). The molecule has 0 aliphatic carbocycles. The molecule has 41 heavy (non-hydrogen) atoms. The zero-order valence-electron chi connectivity index (χ0n) is 23.9. The zero-order chi connectivity index (χ0) is 29.1. The Balaban J connectivity index is 1.45. The maximum Gasteiger partial charge on any atom is 0.254 e. The first-order chi connectivity index (χ1) is 19.7. The van der Waals surface area contributed by atoms with Crippen molar-refractivity contribution in [1.29, 1.82) is 0 Å². The summed E-state index contributed by atoms with van der Waals surface area (Å²) in [6.45, 7) is 6.11. The predicted octanol–water partition coefficient (Wildman–Crippen LogP) is 4.16. The highest BCUT2D eigenvalue weighted by molar-refractivity contribution is 7.89. The number of amides is 1. The Labute approximate surface area is 241 Å². The molecule has 1 unspecified atom stereocenters. The van der Waals surface area contributed by atoms with Gasteiger partial charge in [0.25, 0.3) is 5.91 Å². The van der Waals surface area contributed by atoms with Gasteiger partial charge in [-0.25, -0.2) is 8.42 Å². The quantitative estimate of drug-likeness (QED) is 0.395. The van der Waals surface area contributed by atoms with Gasteiger partial charge in [0.05, 0.1) is 38.4 Å². The molecule has 2 aliphatic rings. The van der Waals surface area contributed by atoms with E-state index in [-0.39, 0.29) is 17.4 Å². The van der Waals surface area contributed by atoms with Crippen molar-refractivity contribution < 1.29 is 32.2 Å². The number of morpholine rings is 1. The van der Waals surface area contributed by atoms with E-state index in [9.17, 15) is 13.2 Å². The van der Waals surface area contributed by atoms with E-state index in [2.05, 4.69) is 6.07 Å². The Morgan fingerprint density at radius 3 is 2.17 bits per heavy atom. The Hall–Kier alpha value is -3.60. The Morgan fingerprint density at radius 2 is 1.54 bits per heavy atom. The van der Waals surface area contributed by atoms with Crippen molar-refractivity contribution >= 4 is 15.9 Å². The summed E-state index contributed by atoms with van der Waals surface area (Å²) in [6.07, 6.45) is 0.630. The lowest BCUT2D eigenvalue weighted by Gasteiger charge is -2.37. The van der Waals surface area contributed by atoms with Crippen molar-refractivity contribution in [2.24, 2.45) is 0 Å². The van der Waals surface area contributed by atoms with E-state index in [0.29, 0.717) is 56.3 Å². The maximum atomic E-state index is 13.9. The van der Waals surface area contributed by atoms with E-state index < -0.39 is 16.1 Å². The summed E-state index contributed by atoms with van der Waals surface area (Å²) in [5.41, 5.74) is 4.59. The van der Waals surface area contributed by atoms with Gasteiger partial charge < -0.3 is 23.8 Å². The molecule has 10 heteroatoms. The topological polar surface area (TPSA) is 94.6 Å². The Bertz CT molecular complexity index is 1500. The zero-order valence-corrected chi connectivity index (χ0v) is 24.7. The van der Waals surface area contributed by atoms with Gasteiger partial charge in [0.15, 0.2) is 11.5 Å². The van der Waals surface area contributed by atoms with Gasteiger partial charge in [-0.15, -0.1) is 0 Å². The van der Waals surface area contributed by atoms with Crippen LogP contribution in [0.15, 0.2) is 59.5 Å². The van der Waals surface area contributed by atoms with Crippen LogP contribution < -0.4 is 14.2 Å². The summed E-state index contributed by atoms with van der Waals surface area (Å²) < 4.78 is 50.2. The molecule has 2 heterocycles. The van der Waals surface area contributed by atoms with Crippen molar-refractivity contribution in [3.05, 3.63) is 82.4 Å². The van der Waals surface area contributed by atoms with Gasteiger partial charge >= 0.3 is 0 Å². The average molecular weight is 581 g/mol. The number of hydrogen-bond acceptors (Lipinski definition) is 7. The largest absolute Gasteiger partial charge is 0.493 e. The van der Waals surface area contributed by atoms with Crippen molar-refractivity contribution in [3.63, 3.8) is 0 Å².